The molecule has 0 aliphatic heterocycles. The predicted molar refractivity (Wildman–Crippen MR) is 80.7 cm³/mol. The van der Waals surface area contributed by atoms with Crippen LogP contribution in [-0.4, -0.2) is 13.7 Å². The van der Waals surface area contributed by atoms with Gasteiger partial charge < -0.3 is 10.1 Å². The molecule has 1 aliphatic carbocycles. The van der Waals surface area contributed by atoms with E-state index >= 15 is 0 Å². The van der Waals surface area contributed by atoms with Crippen molar-refractivity contribution in [2.24, 2.45) is 0 Å². The number of aryl methyl sites for hydroxylation is 1. The molecule has 1 atom stereocenters. The van der Waals surface area contributed by atoms with E-state index in [1.165, 1.54) is 42.4 Å². The van der Waals surface area contributed by atoms with Gasteiger partial charge in [-0.2, -0.15) is 0 Å². The van der Waals surface area contributed by atoms with Gasteiger partial charge in [0.05, 0.1) is 13.2 Å². The molecular weight excluding hydrogens is 234 g/mol. The lowest BCUT2D eigenvalue weighted by molar-refractivity contribution is 0.402. The fraction of sp³-hybridized carbons (Fsp3) is 0.529. The summed E-state index contributed by atoms with van der Waals surface area (Å²) in [6, 6.07) is 6.75. The van der Waals surface area contributed by atoms with Crippen molar-refractivity contribution in [3.05, 3.63) is 41.0 Å². The monoisotopic (exact) mass is 259 g/mol. The van der Waals surface area contributed by atoms with Gasteiger partial charge in [-0.05, 0) is 45.2 Å². The van der Waals surface area contributed by atoms with E-state index in [2.05, 4.69) is 43.4 Å². The maximum Gasteiger partial charge on any atom is 0.123 e. The van der Waals surface area contributed by atoms with Gasteiger partial charge in [0.25, 0.3) is 0 Å². The third-order valence-electron chi connectivity index (χ3n) is 3.80. The van der Waals surface area contributed by atoms with Crippen molar-refractivity contribution in [2.45, 2.75) is 45.6 Å². The molecule has 0 saturated carbocycles. The SMILES string of the molecule is CCNC(C1=CCCCC1)c1cc(C)ccc1OC. The maximum atomic E-state index is 5.55. The van der Waals surface area contributed by atoms with E-state index in [0.717, 1.165) is 12.3 Å². The molecule has 1 aliphatic rings. The van der Waals surface area contributed by atoms with Gasteiger partial charge in [0, 0.05) is 5.56 Å². The Morgan fingerprint density at radius 1 is 1.32 bits per heavy atom. The summed E-state index contributed by atoms with van der Waals surface area (Å²) in [7, 11) is 1.76. The van der Waals surface area contributed by atoms with Crippen LogP contribution in [0.2, 0.25) is 0 Å². The molecule has 1 aromatic carbocycles. The topological polar surface area (TPSA) is 21.3 Å². The summed E-state index contributed by atoms with van der Waals surface area (Å²) in [5, 5.41) is 3.62. The van der Waals surface area contributed by atoms with Crippen LogP contribution in [0.1, 0.15) is 49.8 Å². The average Bonchev–Trinajstić information content (AvgIpc) is 2.45. The second-order valence-corrected chi connectivity index (χ2v) is 5.26. The van der Waals surface area contributed by atoms with E-state index in [1.54, 1.807) is 7.11 Å². The Kier molecular flexibility index (Phi) is 5.03. The minimum atomic E-state index is 0.306. The van der Waals surface area contributed by atoms with Gasteiger partial charge in [-0.1, -0.05) is 36.3 Å². The Hall–Kier alpha value is -1.28. The number of rotatable bonds is 5. The van der Waals surface area contributed by atoms with Gasteiger partial charge in [0.2, 0.25) is 0 Å². The van der Waals surface area contributed by atoms with Crippen LogP contribution in [0.15, 0.2) is 29.8 Å². The summed E-state index contributed by atoms with van der Waals surface area (Å²) in [6.45, 7) is 5.28. The molecule has 2 nitrogen and oxygen atoms in total. The Morgan fingerprint density at radius 3 is 2.79 bits per heavy atom. The lowest BCUT2D eigenvalue weighted by Crippen LogP contribution is -2.24. The van der Waals surface area contributed by atoms with Gasteiger partial charge >= 0.3 is 0 Å². The number of ether oxygens (including phenoxy) is 1. The summed E-state index contributed by atoms with van der Waals surface area (Å²) < 4.78 is 5.55. The molecule has 0 radical (unpaired) electrons. The second-order valence-electron chi connectivity index (χ2n) is 5.26. The van der Waals surface area contributed by atoms with Gasteiger partial charge in [-0.15, -0.1) is 0 Å². The number of hydrogen-bond donors (Lipinski definition) is 1. The van der Waals surface area contributed by atoms with E-state index in [-0.39, 0.29) is 0 Å². The fourth-order valence-electron chi connectivity index (χ4n) is 2.85. The second kappa shape index (κ2) is 6.76. The summed E-state index contributed by atoms with van der Waals surface area (Å²) in [4.78, 5) is 0. The highest BCUT2D eigenvalue weighted by molar-refractivity contribution is 5.43. The normalized spacial score (nSPS) is 16.9. The van der Waals surface area contributed by atoms with Gasteiger partial charge in [0.15, 0.2) is 0 Å². The Morgan fingerprint density at radius 2 is 2.16 bits per heavy atom. The average molecular weight is 259 g/mol. The van der Waals surface area contributed by atoms with Crippen molar-refractivity contribution in [3.63, 3.8) is 0 Å². The first-order valence-corrected chi connectivity index (χ1v) is 7.33. The molecule has 0 spiro atoms. The van der Waals surface area contributed by atoms with E-state index in [9.17, 15) is 0 Å². The first-order valence-electron chi connectivity index (χ1n) is 7.33. The van der Waals surface area contributed by atoms with Gasteiger partial charge in [-0.3, -0.25) is 0 Å². The number of likely N-dealkylation sites (N-methyl/N-ethyl adjacent to an activating group) is 1. The van der Waals surface area contributed by atoms with Crippen LogP contribution in [0, 0.1) is 6.92 Å². The van der Waals surface area contributed by atoms with Crippen LogP contribution in [0.25, 0.3) is 0 Å². The first kappa shape index (κ1) is 14.1. The largest absolute Gasteiger partial charge is 0.496 e. The fourth-order valence-corrected chi connectivity index (χ4v) is 2.85. The molecule has 1 unspecified atom stereocenters. The number of hydrogen-bond acceptors (Lipinski definition) is 2. The van der Waals surface area contributed by atoms with Crippen LogP contribution in [0.3, 0.4) is 0 Å². The van der Waals surface area contributed by atoms with Crippen molar-refractivity contribution in [1.82, 2.24) is 5.32 Å². The molecule has 0 heterocycles. The molecular formula is C17H25NO. The maximum absolute atomic E-state index is 5.55. The molecule has 0 bridgehead atoms. The lowest BCUT2D eigenvalue weighted by Gasteiger charge is -2.26. The van der Waals surface area contributed by atoms with Crippen molar-refractivity contribution >= 4 is 0 Å². The Bertz CT molecular complexity index is 451. The third kappa shape index (κ3) is 3.38. The summed E-state index contributed by atoms with van der Waals surface area (Å²) in [6.07, 6.45) is 7.47. The van der Waals surface area contributed by atoms with Gasteiger partial charge in [0.1, 0.15) is 5.75 Å². The minimum absolute atomic E-state index is 0.306. The van der Waals surface area contributed by atoms with Crippen LogP contribution in [-0.2, 0) is 0 Å². The molecule has 2 rings (SSSR count). The zero-order valence-electron chi connectivity index (χ0n) is 12.3. The Balaban J connectivity index is 2.37. The number of benzene rings is 1. The molecule has 2 heteroatoms. The van der Waals surface area contributed by atoms with Crippen LogP contribution < -0.4 is 10.1 Å². The molecule has 0 saturated heterocycles. The molecule has 0 fully saturated rings. The van der Waals surface area contributed by atoms with Crippen molar-refractivity contribution in [3.8, 4) is 5.75 Å². The van der Waals surface area contributed by atoms with E-state index in [1.807, 2.05) is 0 Å². The van der Waals surface area contributed by atoms with Crippen molar-refractivity contribution < 1.29 is 4.74 Å². The van der Waals surface area contributed by atoms with Crippen LogP contribution in [0.5, 0.6) is 5.75 Å². The molecule has 1 N–H and O–H groups in total. The molecule has 1 aromatic rings. The lowest BCUT2D eigenvalue weighted by atomic mass is 9.89. The van der Waals surface area contributed by atoms with Gasteiger partial charge in [-0.25, -0.2) is 0 Å². The van der Waals surface area contributed by atoms with Crippen LogP contribution >= 0.6 is 0 Å². The highest BCUT2D eigenvalue weighted by atomic mass is 16.5. The zero-order chi connectivity index (χ0) is 13.7. The molecule has 19 heavy (non-hydrogen) atoms. The Labute approximate surface area is 116 Å². The number of nitrogens with one attached hydrogen (secondary N) is 1. The zero-order valence-corrected chi connectivity index (χ0v) is 12.3. The van der Waals surface area contributed by atoms with Crippen molar-refractivity contribution in [1.29, 1.82) is 0 Å². The summed E-state index contributed by atoms with van der Waals surface area (Å²) in [5.41, 5.74) is 4.09. The number of methoxy groups -OCH3 is 1. The minimum Gasteiger partial charge on any atom is -0.496 e. The summed E-state index contributed by atoms with van der Waals surface area (Å²) in [5.74, 6) is 0.989. The third-order valence-corrected chi connectivity index (χ3v) is 3.80. The predicted octanol–water partition coefficient (Wildman–Crippen LogP) is 4.15. The molecule has 0 amide bonds. The van der Waals surface area contributed by atoms with E-state index in [4.69, 9.17) is 4.74 Å². The number of allylic oxidation sites excluding steroid dienone is 1. The molecule has 104 valence electrons. The van der Waals surface area contributed by atoms with E-state index in [0.29, 0.717) is 6.04 Å². The van der Waals surface area contributed by atoms with Crippen LogP contribution in [0.4, 0.5) is 0 Å². The standard InChI is InChI=1S/C17H25NO/c1-4-18-17(14-8-6-5-7-9-14)15-12-13(2)10-11-16(15)19-3/h8,10-12,17-18H,4-7,9H2,1-3H3. The summed E-state index contributed by atoms with van der Waals surface area (Å²) >= 11 is 0. The van der Waals surface area contributed by atoms with Crippen molar-refractivity contribution in [2.75, 3.05) is 13.7 Å². The van der Waals surface area contributed by atoms with E-state index < -0.39 is 0 Å². The highest BCUT2D eigenvalue weighted by Crippen LogP contribution is 2.35. The molecule has 0 aromatic heterocycles. The first-order chi connectivity index (χ1) is 9.26. The quantitative estimate of drug-likeness (QED) is 0.802. The smallest absolute Gasteiger partial charge is 0.123 e. The highest BCUT2D eigenvalue weighted by Gasteiger charge is 2.20.